The van der Waals surface area contributed by atoms with Crippen molar-refractivity contribution in [1.82, 2.24) is 15.1 Å². The maximum atomic E-state index is 12.5. The van der Waals surface area contributed by atoms with Gasteiger partial charge in [-0.1, -0.05) is 48.5 Å². The van der Waals surface area contributed by atoms with Crippen molar-refractivity contribution in [3.8, 4) is 11.1 Å². The molecule has 2 atom stereocenters. The van der Waals surface area contributed by atoms with Crippen LogP contribution in [0.2, 0.25) is 0 Å². The highest BCUT2D eigenvalue weighted by molar-refractivity contribution is 6.00. The van der Waals surface area contributed by atoms with Crippen LogP contribution in [-0.4, -0.2) is 46.0 Å². The predicted molar refractivity (Wildman–Crippen MR) is 123 cm³/mol. The number of carbonyl (C=O) groups is 3. The minimum Gasteiger partial charge on any atom is -0.476 e. The zero-order valence-electron chi connectivity index (χ0n) is 18.5. The first-order chi connectivity index (χ1) is 16.4. The Bertz CT molecular complexity index is 1240. The second kappa shape index (κ2) is 8.66. The summed E-state index contributed by atoms with van der Waals surface area (Å²) in [5.74, 6) is -1.82. The molecular formula is C25H24N4O5. The van der Waals surface area contributed by atoms with Gasteiger partial charge >= 0.3 is 12.1 Å². The van der Waals surface area contributed by atoms with Crippen LogP contribution in [-0.2, 0) is 16.6 Å². The first-order valence-electron chi connectivity index (χ1n) is 11.1. The topological polar surface area (TPSA) is 123 Å². The van der Waals surface area contributed by atoms with Gasteiger partial charge in [0.15, 0.2) is 5.69 Å². The molecule has 1 aromatic heterocycles. The first kappa shape index (κ1) is 21.7. The molecule has 2 aliphatic carbocycles. The van der Waals surface area contributed by atoms with Crippen molar-refractivity contribution in [1.29, 1.82) is 0 Å². The molecule has 34 heavy (non-hydrogen) atoms. The van der Waals surface area contributed by atoms with Crippen LogP contribution in [0, 0.1) is 11.8 Å². The first-order valence-corrected chi connectivity index (χ1v) is 11.1. The van der Waals surface area contributed by atoms with Crippen molar-refractivity contribution < 1.29 is 24.2 Å². The van der Waals surface area contributed by atoms with Crippen LogP contribution in [0.1, 0.15) is 34.0 Å². The molecule has 0 radical (unpaired) electrons. The van der Waals surface area contributed by atoms with Crippen molar-refractivity contribution >= 4 is 23.7 Å². The van der Waals surface area contributed by atoms with Crippen LogP contribution < -0.4 is 10.6 Å². The van der Waals surface area contributed by atoms with Gasteiger partial charge in [0.1, 0.15) is 6.61 Å². The molecule has 0 aliphatic heterocycles. The molecule has 9 nitrogen and oxygen atoms in total. The number of aromatic carboxylic acids is 1. The Morgan fingerprint density at radius 1 is 1.09 bits per heavy atom. The maximum absolute atomic E-state index is 12.5. The molecule has 174 valence electrons. The van der Waals surface area contributed by atoms with E-state index in [9.17, 15) is 19.5 Å². The summed E-state index contributed by atoms with van der Waals surface area (Å²) < 4.78 is 6.86. The highest BCUT2D eigenvalue weighted by Gasteiger charge is 2.43. The van der Waals surface area contributed by atoms with Gasteiger partial charge in [0, 0.05) is 31.6 Å². The smallest absolute Gasteiger partial charge is 0.407 e. The maximum Gasteiger partial charge on any atom is 0.407 e. The van der Waals surface area contributed by atoms with E-state index in [1.165, 1.54) is 22.0 Å². The average Bonchev–Trinajstić information content (AvgIpc) is 3.42. The summed E-state index contributed by atoms with van der Waals surface area (Å²) in [6, 6.07) is 16.3. The van der Waals surface area contributed by atoms with Crippen LogP contribution in [0.15, 0.2) is 54.7 Å². The molecule has 2 aliphatic rings. The molecular weight excluding hydrogens is 436 g/mol. The number of aromatic nitrogens is 2. The van der Waals surface area contributed by atoms with Crippen molar-refractivity contribution in [2.24, 2.45) is 18.9 Å². The van der Waals surface area contributed by atoms with E-state index < -0.39 is 12.1 Å². The molecule has 2 aromatic carbocycles. The highest BCUT2D eigenvalue weighted by Crippen LogP contribution is 2.44. The van der Waals surface area contributed by atoms with E-state index in [-0.39, 0.29) is 41.6 Å². The summed E-state index contributed by atoms with van der Waals surface area (Å²) >= 11 is 0. The second-order valence-corrected chi connectivity index (χ2v) is 8.67. The largest absolute Gasteiger partial charge is 0.476 e. The minimum absolute atomic E-state index is 0.0134. The number of carboxylic acids is 1. The Labute approximate surface area is 195 Å². The van der Waals surface area contributed by atoms with Gasteiger partial charge in [-0.3, -0.25) is 9.48 Å². The molecule has 0 saturated heterocycles. The van der Waals surface area contributed by atoms with Crippen molar-refractivity contribution in [3.63, 3.8) is 0 Å². The molecule has 2 amide bonds. The lowest BCUT2D eigenvalue weighted by Crippen LogP contribution is -2.29. The number of alkyl carbamates (subject to hydrolysis) is 1. The van der Waals surface area contributed by atoms with Crippen LogP contribution in [0.5, 0.6) is 0 Å². The number of carboxylic acid groups (broad SMARTS) is 1. The number of nitrogens with zero attached hydrogens (tertiary/aromatic N) is 2. The fourth-order valence-corrected chi connectivity index (χ4v) is 4.62. The third-order valence-electron chi connectivity index (χ3n) is 6.40. The molecule has 5 rings (SSSR count). The number of anilines is 1. The highest BCUT2D eigenvalue weighted by atomic mass is 16.5. The summed E-state index contributed by atoms with van der Waals surface area (Å²) in [7, 11) is 1.58. The molecule has 0 spiro atoms. The Kier molecular flexibility index (Phi) is 5.53. The number of rotatable bonds is 7. The number of fused-ring (bicyclic) bond motifs is 3. The lowest BCUT2D eigenvalue weighted by atomic mass is 9.98. The molecule has 1 heterocycles. The van der Waals surface area contributed by atoms with E-state index in [1.54, 1.807) is 7.05 Å². The van der Waals surface area contributed by atoms with Crippen molar-refractivity contribution in [3.05, 3.63) is 71.5 Å². The number of carbonyl (C=O) groups excluding carboxylic acids is 2. The van der Waals surface area contributed by atoms with Gasteiger partial charge in [-0.15, -0.1) is 0 Å². The molecule has 1 fully saturated rings. The Balaban J connectivity index is 1.12. The Hall–Kier alpha value is -4.14. The molecule has 0 unspecified atom stereocenters. The van der Waals surface area contributed by atoms with Gasteiger partial charge in [0.05, 0.1) is 5.69 Å². The summed E-state index contributed by atoms with van der Waals surface area (Å²) in [6.45, 7) is 0.543. The van der Waals surface area contributed by atoms with Crippen molar-refractivity contribution in [2.45, 2.75) is 12.3 Å². The van der Waals surface area contributed by atoms with Gasteiger partial charge in [0.2, 0.25) is 5.91 Å². The summed E-state index contributed by atoms with van der Waals surface area (Å²) in [4.78, 5) is 36.0. The average molecular weight is 460 g/mol. The van der Waals surface area contributed by atoms with Gasteiger partial charge in [-0.25, -0.2) is 9.59 Å². The summed E-state index contributed by atoms with van der Waals surface area (Å²) in [5, 5.41) is 18.4. The third-order valence-corrected chi connectivity index (χ3v) is 6.40. The quantitative estimate of drug-likeness (QED) is 0.498. The van der Waals surface area contributed by atoms with E-state index in [1.807, 2.05) is 24.3 Å². The predicted octanol–water partition coefficient (Wildman–Crippen LogP) is 3.23. The van der Waals surface area contributed by atoms with E-state index in [2.05, 4.69) is 40.0 Å². The number of benzene rings is 2. The van der Waals surface area contributed by atoms with Crippen LogP contribution in [0.3, 0.4) is 0 Å². The fourth-order valence-electron chi connectivity index (χ4n) is 4.62. The van der Waals surface area contributed by atoms with Gasteiger partial charge in [-0.2, -0.15) is 5.10 Å². The third kappa shape index (κ3) is 4.12. The number of hydrogen-bond acceptors (Lipinski definition) is 5. The summed E-state index contributed by atoms with van der Waals surface area (Å²) in [5.41, 5.74) is 4.58. The summed E-state index contributed by atoms with van der Waals surface area (Å²) in [6.07, 6.45) is 1.54. The monoisotopic (exact) mass is 460 g/mol. The lowest BCUT2D eigenvalue weighted by molar-refractivity contribution is -0.117. The van der Waals surface area contributed by atoms with Gasteiger partial charge in [0.25, 0.3) is 0 Å². The molecule has 3 N–H and O–H groups in total. The van der Waals surface area contributed by atoms with Gasteiger partial charge < -0.3 is 20.5 Å². The Morgan fingerprint density at radius 2 is 1.74 bits per heavy atom. The molecule has 9 heteroatoms. The second-order valence-electron chi connectivity index (χ2n) is 8.67. The van der Waals surface area contributed by atoms with Crippen LogP contribution in [0.25, 0.3) is 11.1 Å². The van der Waals surface area contributed by atoms with Gasteiger partial charge in [-0.05, 0) is 34.6 Å². The normalized spacial score (nSPS) is 18.0. The van der Waals surface area contributed by atoms with E-state index >= 15 is 0 Å². The SMILES string of the molecule is Cn1cc(NC(=O)[C@H]2C[C@H]2CNC(=O)OCC2c3ccccc3-c3ccccc32)c(C(=O)O)n1. The molecule has 3 aromatic rings. The lowest BCUT2D eigenvalue weighted by Gasteiger charge is -2.14. The fraction of sp³-hybridized carbons (Fsp3) is 0.280. The number of nitrogens with one attached hydrogen (secondary N) is 2. The van der Waals surface area contributed by atoms with E-state index in [4.69, 9.17) is 4.74 Å². The van der Waals surface area contributed by atoms with E-state index in [0.29, 0.717) is 13.0 Å². The van der Waals surface area contributed by atoms with Crippen LogP contribution >= 0.6 is 0 Å². The number of ether oxygens (including phenoxy) is 1. The molecule has 1 saturated carbocycles. The number of aryl methyl sites for hydroxylation is 1. The number of hydrogen-bond donors (Lipinski definition) is 3. The van der Waals surface area contributed by atoms with Crippen LogP contribution in [0.4, 0.5) is 10.5 Å². The standard InChI is InChI=1S/C25H24N4O5/c1-29-12-21(22(28-29)24(31)32)27-23(30)19-10-14(19)11-26-25(33)34-13-20-17-8-4-2-6-15(17)16-7-3-5-9-18(16)20/h2-9,12,14,19-20H,10-11,13H2,1H3,(H,26,33)(H,27,30)(H,31,32)/t14-,19-/m0/s1. The minimum atomic E-state index is -1.21. The zero-order chi connectivity index (χ0) is 23.8. The Morgan fingerprint density at radius 3 is 2.38 bits per heavy atom. The molecule has 0 bridgehead atoms. The zero-order valence-corrected chi connectivity index (χ0v) is 18.5. The van der Waals surface area contributed by atoms with E-state index in [0.717, 1.165) is 11.1 Å². The number of amides is 2. The van der Waals surface area contributed by atoms with Crippen molar-refractivity contribution in [2.75, 3.05) is 18.5 Å².